The van der Waals surface area contributed by atoms with Crippen molar-refractivity contribution in [1.82, 2.24) is 10.2 Å². The lowest BCUT2D eigenvalue weighted by molar-refractivity contribution is -0.123. The highest BCUT2D eigenvalue weighted by atomic mass is 35.5. The summed E-state index contributed by atoms with van der Waals surface area (Å²) in [4.78, 5) is 38.7. The molecule has 1 heterocycles. The van der Waals surface area contributed by atoms with E-state index in [0.29, 0.717) is 29.0 Å². The molecule has 0 saturated heterocycles. The van der Waals surface area contributed by atoms with Crippen LogP contribution in [0, 0.1) is 0 Å². The summed E-state index contributed by atoms with van der Waals surface area (Å²) in [6.07, 6.45) is 1.33. The van der Waals surface area contributed by atoms with E-state index < -0.39 is 17.4 Å². The smallest absolute Gasteiger partial charge is 0.262 e. The van der Waals surface area contributed by atoms with Gasteiger partial charge in [0.15, 0.2) is 0 Å². The molecule has 3 rings (SSSR count). The molecule has 1 N–H and O–H groups in total. The molecule has 1 aliphatic rings. The van der Waals surface area contributed by atoms with Gasteiger partial charge in [0.1, 0.15) is 6.54 Å². The number of carbonyl (C=O) groups excluding carboxylic acids is 3. The Kier molecular flexibility index (Phi) is 5.33. The highest BCUT2D eigenvalue weighted by Crippen LogP contribution is 2.30. The Balaban J connectivity index is 1.79. The maximum Gasteiger partial charge on any atom is 0.262 e. The summed E-state index contributed by atoms with van der Waals surface area (Å²) in [6, 6.07) is 13.9. The van der Waals surface area contributed by atoms with Crippen molar-refractivity contribution in [1.29, 1.82) is 0 Å². The molecule has 5 nitrogen and oxygen atoms in total. The normalized spacial score (nSPS) is 13.7. The van der Waals surface area contributed by atoms with Crippen molar-refractivity contribution in [3.8, 4) is 0 Å². The Labute approximate surface area is 163 Å². The van der Waals surface area contributed by atoms with Gasteiger partial charge >= 0.3 is 0 Å². The van der Waals surface area contributed by atoms with Gasteiger partial charge in [-0.3, -0.25) is 19.3 Å². The van der Waals surface area contributed by atoms with E-state index in [0.717, 1.165) is 10.5 Å². The molecule has 0 spiro atoms. The topological polar surface area (TPSA) is 66.5 Å². The molecule has 0 unspecified atom stereocenters. The second-order valence-electron chi connectivity index (χ2n) is 6.59. The van der Waals surface area contributed by atoms with E-state index in [1.54, 1.807) is 36.4 Å². The van der Waals surface area contributed by atoms with Gasteiger partial charge in [-0.05, 0) is 42.7 Å². The minimum Gasteiger partial charge on any atom is -0.345 e. The fraction of sp³-hybridized carbons (Fsp3) is 0.286. The van der Waals surface area contributed by atoms with E-state index in [1.807, 2.05) is 26.0 Å². The third-order valence-electron chi connectivity index (χ3n) is 5.16. The van der Waals surface area contributed by atoms with Gasteiger partial charge in [-0.25, -0.2) is 0 Å². The number of nitrogens with one attached hydrogen (secondary N) is 1. The first kappa shape index (κ1) is 19.1. The van der Waals surface area contributed by atoms with E-state index in [9.17, 15) is 14.4 Å². The summed E-state index contributed by atoms with van der Waals surface area (Å²) < 4.78 is 0. The Bertz CT molecular complexity index is 854. The van der Waals surface area contributed by atoms with Gasteiger partial charge in [-0.1, -0.05) is 49.7 Å². The highest BCUT2D eigenvalue weighted by Gasteiger charge is 2.38. The Hall–Kier alpha value is -2.66. The van der Waals surface area contributed by atoms with E-state index >= 15 is 0 Å². The molecule has 140 valence electrons. The van der Waals surface area contributed by atoms with Gasteiger partial charge in [-0.15, -0.1) is 0 Å². The van der Waals surface area contributed by atoms with Crippen molar-refractivity contribution in [3.05, 3.63) is 70.2 Å². The van der Waals surface area contributed by atoms with Crippen LogP contribution in [0.3, 0.4) is 0 Å². The molecule has 0 aliphatic carbocycles. The minimum atomic E-state index is -0.583. The van der Waals surface area contributed by atoms with Crippen LogP contribution in [0.1, 0.15) is 53.0 Å². The Morgan fingerprint density at radius 2 is 1.48 bits per heavy atom. The summed E-state index contributed by atoms with van der Waals surface area (Å²) in [6.45, 7) is 3.67. The maximum absolute atomic E-state index is 12.7. The average Bonchev–Trinajstić information content (AvgIpc) is 2.92. The van der Waals surface area contributed by atoms with Crippen LogP contribution in [0.25, 0.3) is 0 Å². The van der Waals surface area contributed by atoms with Crippen LogP contribution >= 0.6 is 11.6 Å². The Morgan fingerprint density at radius 3 is 1.96 bits per heavy atom. The van der Waals surface area contributed by atoms with Crippen molar-refractivity contribution < 1.29 is 14.4 Å². The predicted octanol–water partition coefficient (Wildman–Crippen LogP) is 3.77. The quantitative estimate of drug-likeness (QED) is 0.771. The lowest BCUT2D eigenvalue weighted by Gasteiger charge is -2.34. The van der Waals surface area contributed by atoms with E-state index in [1.165, 1.54) is 0 Å². The van der Waals surface area contributed by atoms with E-state index in [4.69, 9.17) is 11.6 Å². The lowest BCUT2D eigenvalue weighted by atomic mass is 9.84. The van der Waals surface area contributed by atoms with E-state index in [-0.39, 0.29) is 12.5 Å². The molecular weight excluding hydrogens is 364 g/mol. The first-order valence-electron chi connectivity index (χ1n) is 8.94. The summed E-state index contributed by atoms with van der Waals surface area (Å²) >= 11 is 5.97. The number of hydrogen-bond donors (Lipinski definition) is 1. The highest BCUT2D eigenvalue weighted by molar-refractivity contribution is 6.30. The summed E-state index contributed by atoms with van der Waals surface area (Å²) in [5.74, 6) is -1.24. The molecule has 0 aromatic heterocycles. The van der Waals surface area contributed by atoms with Crippen LogP contribution < -0.4 is 5.32 Å². The van der Waals surface area contributed by atoms with Gasteiger partial charge in [0.2, 0.25) is 5.91 Å². The van der Waals surface area contributed by atoms with Crippen LogP contribution in [-0.2, 0) is 10.3 Å². The maximum atomic E-state index is 12.7. The fourth-order valence-corrected chi connectivity index (χ4v) is 3.63. The van der Waals surface area contributed by atoms with Crippen LogP contribution in [-0.4, -0.2) is 29.2 Å². The molecule has 2 aromatic carbocycles. The molecule has 0 saturated carbocycles. The van der Waals surface area contributed by atoms with Gasteiger partial charge in [-0.2, -0.15) is 0 Å². The van der Waals surface area contributed by atoms with Gasteiger partial charge in [0.05, 0.1) is 16.7 Å². The van der Waals surface area contributed by atoms with Gasteiger partial charge < -0.3 is 5.32 Å². The summed E-state index contributed by atoms with van der Waals surface area (Å²) in [5.41, 5.74) is 1.03. The molecule has 0 fully saturated rings. The number of carbonyl (C=O) groups is 3. The van der Waals surface area contributed by atoms with Gasteiger partial charge in [0.25, 0.3) is 11.8 Å². The SMILES string of the molecule is CCC(CC)(NC(=O)CN1C(=O)c2ccccc2C1=O)c1ccc(Cl)cc1. The monoisotopic (exact) mass is 384 g/mol. The third-order valence-corrected chi connectivity index (χ3v) is 5.41. The molecule has 2 aromatic rings. The molecular formula is C21H21ClN2O3. The largest absolute Gasteiger partial charge is 0.345 e. The first-order chi connectivity index (χ1) is 12.9. The van der Waals surface area contributed by atoms with Crippen LogP contribution in [0.2, 0.25) is 5.02 Å². The zero-order valence-electron chi connectivity index (χ0n) is 15.3. The second-order valence-corrected chi connectivity index (χ2v) is 7.02. The number of benzene rings is 2. The standard InChI is InChI=1S/C21H21ClN2O3/c1-3-21(4-2,14-9-11-15(22)12-10-14)23-18(25)13-24-19(26)16-7-5-6-8-17(16)20(24)27/h5-12H,3-4,13H2,1-2H3,(H,23,25). The number of nitrogens with zero attached hydrogens (tertiary/aromatic N) is 1. The molecule has 0 radical (unpaired) electrons. The number of halogens is 1. The fourth-order valence-electron chi connectivity index (χ4n) is 3.51. The minimum absolute atomic E-state index is 0.304. The van der Waals surface area contributed by atoms with Crippen molar-refractivity contribution in [2.24, 2.45) is 0 Å². The van der Waals surface area contributed by atoms with E-state index in [2.05, 4.69) is 5.32 Å². The molecule has 1 aliphatic heterocycles. The molecule has 0 bridgehead atoms. The number of rotatable bonds is 6. The summed E-state index contributed by atoms with van der Waals surface area (Å²) in [7, 11) is 0. The first-order valence-corrected chi connectivity index (χ1v) is 9.32. The number of amides is 3. The van der Waals surface area contributed by atoms with Crippen molar-refractivity contribution in [2.45, 2.75) is 32.2 Å². The van der Waals surface area contributed by atoms with Crippen molar-refractivity contribution >= 4 is 29.3 Å². The zero-order valence-corrected chi connectivity index (χ0v) is 16.0. The van der Waals surface area contributed by atoms with Crippen LogP contribution in [0.4, 0.5) is 0 Å². The molecule has 6 heteroatoms. The van der Waals surface area contributed by atoms with Gasteiger partial charge in [0, 0.05) is 5.02 Å². The molecule has 0 atom stereocenters. The van der Waals surface area contributed by atoms with Crippen LogP contribution in [0.15, 0.2) is 48.5 Å². The predicted molar refractivity (Wildman–Crippen MR) is 104 cm³/mol. The molecule has 27 heavy (non-hydrogen) atoms. The number of fused-ring (bicyclic) bond motifs is 1. The average molecular weight is 385 g/mol. The molecule has 3 amide bonds. The Morgan fingerprint density at radius 1 is 0.963 bits per heavy atom. The second kappa shape index (κ2) is 7.53. The van der Waals surface area contributed by atoms with Crippen molar-refractivity contribution in [3.63, 3.8) is 0 Å². The van der Waals surface area contributed by atoms with Crippen molar-refractivity contribution in [2.75, 3.05) is 6.54 Å². The summed E-state index contributed by atoms with van der Waals surface area (Å²) in [5, 5.41) is 3.65. The van der Waals surface area contributed by atoms with Crippen LogP contribution in [0.5, 0.6) is 0 Å². The number of hydrogen-bond acceptors (Lipinski definition) is 3. The number of imide groups is 1. The zero-order chi connectivity index (χ0) is 19.6. The third kappa shape index (κ3) is 3.47. The lowest BCUT2D eigenvalue weighted by Crippen LogP contribution is -2.49.